The molecule has 1 aromatic carbocycles. The number of rotatable bonds is 6. The van der Waals surface area contributed by atoms with Gasteiger partial charge in [0.05, 0.1) is 31.5 Å². The van der Waals surface area contributed by atoms with Gasteiger partial charge in [-0.15, -0.1) is 0 Å². The average Bonchev–Trinajstić information content (AvgIpc) is 3.46. The first-order chi connectivity index (χ1) is 15.7. The standard InChI is InChI=1S/C23H24N6O3/c1-31-18-7-5-17(6-8-18)25-22(30)20-15-28(16-24-20)23-26-19(14-27-10-12-32-13-11-27)21-4-2-3-9-29(21)23/h2-9,15-16H,10-14H2,1H3,(H,25,30). The van der Waals surface area contributed by atoms with Gasteiger partial charge < -0.3 is 14.8 Å². The van der Waals surface area contributed by atoms with Crippen molar-refractivity contribution in [3.8, 4) is 11.7 Å². The molecule has 0 saturated carbocycles. The smallest absolute Gasteiger partial charge is 0.275 e. The van der Waals surface area contributed by atoms with Gasteiger partial charge in [-0.3, -0.25) is 18.7 Å². The summed E-state index contributed by atoms with van der Waals surface area (Å²) in [7, 11) is 1.60. The molecule has 1 N–H and O–H groups in total. The molecule has 3 aromatic heterocycles. The molecule has 32 heavy (non-hydrogen) atoms. The number of benzene rings is 1. The number of methoxy groups -OCH3 is 1. The summed E-state index contributed by atoms with van der Waals surface area (Å²) in [5.41, 5.74) is 3.00. The lowest BCUT2D eigenvalue weighted by molar-refractivity contribution is 0.0339. The zero-order valence-electron chi connectivity index (χ0n) is 17.8. The van der Waals surface area contributed by atoms with Crippen LogP contribution < -0.4 is 10.1 Å². The molecule has 4 aromatic rings. The summed E-state index contributed by atoms with van der Waals surface area (Å²) >= 11 is 0. The largest absolute Gasteiger partial charge is 0.497 e. The molecule has 0 bridgehead atoms. The van der Waals surface area contributed by atoms with Crippen molar-refractivity contribution in [1.82, 2.24) is 23.8 Å². The quantitative estimate of drug-likeness (QED) is 0.504. The molecule has 164 valence electrons. The first-order valence-electron chi connectivity index (χ1n) is 10.5. The number of morpholine rings is 1. The minimum atomic E-state index is -0.289. The van der Waals surface area contributed by atoms with E-state index in [1.54, 1.807) is 48.5 Å². The number of carbonyl (C=O) groups is 1. The SMILES string of the molecule is COc1ccc(NC(=O)c2cn(-c3nc(CN4CCOCC4)c4ccccn34)cn2)cc1. The Morgan fingerprint density at radius 2 is 1.97 bits per heavy atom. The van der Waals surface area contributed by atoms with Gasteiger partial charge >= 0.3 is 0 Å². The summed E-state index contributed by atoms with van der Waals surface area (Å²) in [5.74, 6) is 1.13. The number of nitrogens with one attached hydrogen (secondary N) is 1. The lowest BCUT2D eigenvalue weighted by Gasteiger charge is -2.25. The molecule has 5 rings (SSSR count). The van der Waals surface area contributed by atoms with E-state index in [1.807, 2.05) is 22.7 Å². The van der Waals surface area contributed by atoms with Gasteiger partial charge in [-0.05, 0) is 36.4 Å². The van der Waals surface area contributed by atoms with Gasteiger partial charge in [0.1, 0.15) is 17.8 Å². The van der Waals surface area contributed by atoms with Crippen LogP contribution in [0.25, 0.3) is 11.5 Å². The Balaban J connectivity index is 1.39. The summed E-state index contributed by atoms with van der Waals surface area (Å²) in [6.07, 6.45) is 5.28. The Morgan fingerprint density at radius 3 is 2.75 bits per heavy atom. The van der Waals surface area contributed by atoms with Crippen LogP contribution in [0.1, 0.15) is 16.2 Å². The van der Waals surface area contributed by atoms with E-state index in [1.165, 1.54) is 0 Å². The van der Waals surface area contributed by atoms with Crippen LogP contribution in [0, 0.1) is 0 Å². The van der Waals surface area contributed by atoms with Crippen LogP contribution >= 0.6 is 0 Å². The molecule has 0 aliphatic carbocycles. The molecule has 0 unspecified atom stereocenters. The molecule has 0 radical (unpaired) electrons. The van der Waals surface area contributed by atoms with E-state index in [0.717, 1.165) is 49.8 Å². The van der Waals surface area contributed by atoms with E-state index in [9.17, 15) is 4.79 Å². The number of imidazole rings is 2. The van der Waals surface area contributed by atoms with E-state index in [0.29, 0.717) is 17.3 Å². The number of hydrogen-bond acceptors (Lipinski definition) is 6. The molecule has 1 aliphatic heterocycles. The lowest BCUT2D eigenvalue weighted by atomic mass is 10.3. The fourth-order valence-corrected chi connectivity index (χ4v) is 3.77. The highest BCUT2D eigenvalue weighted by molar-refractivity contribution is 6.02. The summed E-state index contributed by atoms with van der Waals surface area (Å²) < 4.78 is 14.4. The molecule has 0 atom stereocenters. The predicted molar refractivity (Wildman–Crippen MR) is 119 cm³/mol. The average molecular weight is 432 g/mol. The number of amides is 1. The van der Waals surface area contributed by atoms with Crippen LogP contribution in [0.3, 0.4) is 0 Å². The van der Waals surface area contributed by atoms with E-state index < -0.39 is 0 Å². The maximum absolute atomic E-state index is 12.7. The van der Waals surface area contributed by atoms with E-state index in [2.05, 4.69) is 21.3 Å². The van der Waals surface area contributed by atoms with Crippen LogP contribution in [-0.4, -0.2) is 63.2 Å². The number of hydrogen-bond donors (Lipinski definition) is 1. The predicted octanol–water partition coefficient (Wildman–Crippen LogP) is 2.61. The van der Waals surface area contributed by atoms with Gasteiger partial charge in [0.15, 0.2) is 0 Å². The number of ether oxygens (including phenoxy) is 2. The van der Waals surface area contributed by atoms with Crippen molar-refractivity contribution in [2.75, 3.05) is 38.7 Å². The van der Waals surface area contributed by atoms with Crippen molar-refractivity contribution in [3.63, 3.8) is 0 Å². The van der Waals surface area contributed by atoms with Crippen LogP contribution in [-0.2, 0) is 11.3 Å². The Labute approximate surface area is 185 Å². The zero-order chi connectivity index (χ0) is 21.9. The van der Waals surface area contributed by atoms with Crippen molar-refractivity contribution >= 4 is 17.1 Å². The Kier molecular flexibility index (Phi) is 5.57. The Hall–Kier alpha value is -3.69. The third-order valence-corrected chi connectivity index (χ3v) is 5.48. The summed E-state index contributed by atoms with van der Waals surface area (Å²) in [6.45, 7) is 4.01. The first-order valence-corrected chi connectivity index (χ1v) is 10.5. The molecule has 1 amide bonds. The molecule has 9 nitrogen and oxygen atoms in total. The maximum Gasteiger partial charge on any atom is 0.275 e. The Morgan fingerprint density at radius 1 is 1.16 bits per heavy atom. The minimum absolute atomic E-state index is 0.289. The fourth-order valence-electron chi connectivity index (χ4n) is 3.77. The molecule has 9 heteroatoms. The molecular formula is C23H24N6O3. The van der Waals surface area contributed by atoms with E-state index >= 15 is 0 Å². The van der Waals surface area contributed by atoms with Gasteiger partial charge in [0, 0.05) is 37.7 Å². The van der Waals surface area contributed by atoms with E-state index in [4.69, 9.17) is 14.5 Å². The monoisotopic (exact) mass is 432 g/mol. The van der Waals surface area contributed by atoms with Crippen LogP contribution in [0.2, 0.25) is 0 Å². The van der Waals surface area contributed by atoms with E-state index in [-0.39, 0.29) is 5.91 Å². The highest BCUT2D eigenvalue weighted by atomic mass is 16.5. The number of pyridine rings is 1. The topological polar surface area (TPSA) is 85.9 Å². The van der Waals surface area contributed by atoms with Gasteiger partial charge in [-0.25, -0.2) is 9.97 Å². The highest BCUT2D eigenvalue weighted by Crippen LogP contribution is 2.20. The number of anilines is 1. The fraction of sp³-hybridized carbons (Fsp3) is 0.261. The molecular weight excluding hydrogens is 408 g/mol. The number of aromatic nitrogens is 4. The highest BCUT2D eigenvalue weighted by Gasteiger charge is 2.18. The second-order valence-electron chi connectivity index (χ2n) is 7.55. The molecule has 1 aliphatic rings. The molecule has 4 heterocycles. The summed E-state index contributed by atoms with van der Waals surface area (Å²) in [4.78, 5) is 24.2. The number of nitrogens with zero attached hydrogens (tertiary/aromatic N) is 5. The molecule has 0 spiro atoms. The maximum atomic E-state index is 12.7. The van der Waals surface area contributed by atoms with Crippen LogP contribution in [0.4, 0.5) is 5.69 Å². The van der Waals surface area contributed by atoms with Gasteiger partial charge in [-0.2, -0.15) is 0 Å². The third-order valence-electron chi connectivity index (χ3n) is 5.48. The van der Waals surface area contributed by atoms with Gasteiger partial charge in [-0.1, -0.05) is 6.07 Å². The second-order valence-corrected chi connectivity index (χ2v) is 7.55. The Bertz CT molecular complexity index is 1220. The minimum Gasteiger partial charge on any atom is -0.497 e. The van der Waals surface area contributed by atoms with Gasteiger partial charge in [0.2, 0.25) is 5.95 Å². The van der Waals surface area contributed by atoms with Crippen LogP contribution in [0.15, 0.2) is 61.2 Å². The van der Waals surface area contributed by atoms with Gasteiger partial charge in [0.25, 0.3) is 5.91 Å². The summed E-state index contributed by atoms with van der Waals surface area (Å²) in [6, 6.07) is 13.2. The van der Waals surface area contributed by atoms with Crippen molar-refractivity contribution in [1.29, 1.82) is 0 Å². The number of carbonyl (C=O) groups excluding carboxylic acids is 1. The number of fused-ring (bicyclic) bond motifs is 1. The van der Waals surface area contributed by atoms with Crippen LogP contribution in [0.5, 0.6) is 5.75 Å². The van der Waals surface area contributed by atoms with Crippen molar-refractivity contribution in [2.24, 2.45) is 0 Å². The third kappa shape index (κ3) is 4.08. The second kappa shape index (κ2) is 8.81. The molecule has 1 fully saturated rings. The normalized spacial score (nSPS) is 14.5. The molecule has 1 saturated heterocycles. The summed E-state index contributed by atoms with van der Waals surface area (Å²) in [5, 5.41) is 2.85. The zero-order valence-corrected chi connectivity index (χ0v) is 17.8. The van der Waals surface area contributed by atoms with Crippen molar-refractivity contribution in [2.45, 2.75) is 6.54 Å². The lowest BCUT2D eigenvalue weighted by Crippen LogP contribution is -2.35. The van der Waals surface area contributed by atoms with Crippen molar-refractivity contribution < 1.29 is 14.3 Å². The first kappa shape index (κ1) is 20.2. The van der Waals surface area contributed by atoms with Crippen molar-refractivity contribution in [3.05, 3.63) is 72.6 Å².